The highest BCUT2D eigenvalue weighted by Gasteiger charge is 2.50. The summed E-state index contributed by atoms with van der Waals surface area (Å²) < 4.78 is 39.0. The van der Waals surface area contributed by atoms with Gasteiger partial charge in [0.2, 0.25) is 5.78 Å². The van der Waals surface area contributed by atoms with Gasteiger partial charge in [-0.1, -0.05) is 12.1 Å². The van der Waals surface area contributed by atoms with Crippen molar-refractivity contribution in [3.05, 3.63) is 51.6 Å². The molecule has 2 aromatic carbocycles. The topological polar surface area (TPSA) is 247 Å². The van der Waals surface area contributed by atoms with Gasteiger partial charge in [0.05, 0.1) is 58.4 Å². The van der Waals surface area contributed by atoms with Gasteiger partial charge in [-0.25, -0.2) is 0 Å². The molecule has 9 N–H and O–H groups in total. The number of phenols is 2. The van der Waals surface area contributed by atoms with Crippen molar-refractivity contribution in [3.8, 4) is 17.2 Å². The quantitative estimate of drug-likeness (QED) is 0.139. The predicted molar refractivity (Wildman–Crippen MR) is 146 cm³/mol. The van der Waals surface area contributed by atoms with Crippen molar-refractivity contribution >= 4 is 17.5 Å². The minimum absolute atomic E-state index is 0.0172. The third-order valence-corrected chi connectivity index (χ3v) is 7.86. The van der Waals surface area contributed by atoms with Gasteiger partial charge in [-0.2, -0.15) is 0 Å². The van der Waals surface area contributed by atoms with Crippen LogP contribution in [0.1, 0.15) is 79.9 Å². The summed E-state index contributed by atoms with van der Waals surface area (Å²) in [7, 11) is -2.97. The van der Waals surface area contributed by atoms with Crippen LogP contribution in [-0.2, 0) is 20.7 Å². The number of aliphatic carboxylic acids is 1. The summed E-state index contributed by atoms with van der Waals surface area (Å²) in [4.78, 5) is 36.4. The zero-order valence-electron chi connectivity index (χ0n) is 26.2. The number of aromatic hydroxyl groups is 2. The standard InChI is InChI=1S/C27H31NO11.C2H4O2/c1-10-22(31)13(28)6-17(38-10)39-15-8-27(36,16(30)9-29)7-12-19(15)26(35)21-20(24(12)33)23(32)11-4-3-5-14(37-2)18(11)25(21)34;1-2(3)4/h3-5,10,13,15-17,22,29-31,33,35-36H,6-9,28H2,1-2H3;1H3,(H,3,4)/t10-,13-,15-,16+,17-,22+,27-;/m0./s1/i2+1D3;. The van der Waals surface area contributed by atoms with E-state index in [0.29, 0.717) is 0 Å². The molecule has 5 rings (SSSR count). The number of phenolic OH excluding ortho intramolecular Hbond substituents is 2. The molecule has 0 saturated carbocycles. The molecule has 0 aromatic heterocycles. The number of ether oxygens (including phenoxy) is 3. The molecule has 0 amide bonds. The van der Waals surface area contributed by atoms with Crippen molar-refractivity contribution < 1.29 is 68.5 Å². The number of methoxy groups -OCH3 is 1. The van der Waals surface area contributed by atoms with Crippen LogP contribution >= 0.6 is 0 Å². The number of fused-ring (bicyclic) bond motifs is 3. The molecular weight excluding hydrogens is 571 g/mol. The van der Waals surface area contributed by atoms with Gasteiger partial charge < -0.3 is 55.7 Å². The molecule has 1 heterocycles. The molecule has 7 atom stereocenters. The number of benzene rings is 2. The Morgan fingerprint density at radius 2 is 1.86 bits per heavy atom. The van der Waals surface area contributed by atoms with Crippen LogP contribution in [-0.4, -0.2) is 103 Å². The molecule has 3 aliphatic rings. The van der Waals surface area contributed by atoms with E-state index in [1.807, 2.05) is 0 Å². The highest BCUT2D eigenvalue weighted by molar-refractivity contribution is 6.31. The van der Waals surface area contributed by atoms with Crippen LogP contribution in [0, 0.1) is 0 Å². The van der Waals surface area contributed by atoms with Crippen molar-refractivity contribution in [2.24, 2.45) is 5.73 Å². The Morgan fingerprint density at radius 1 is 1.21 bits per heavy atom. The molecule has 1 fully saturated rings. The van der Waals surface area contributed by atoms with Crippen molar-refractivity contribution in [2.75, 3.05) is 13.6 Å². The van der Waals surface area contributed by atoms with Gasteiger partial charge in [0, 0.05) is 48.9 Å². The van der Waals surface area contributed by atoms with Gasteiger partial charge in [-0.05, 0) is 13.0 Å². The summed E-state index contributed by atoms with van der Waals surface area (Å²) in [6, 6.07) is 2.94. The van der Waals surface area contributed by atoms with Gasteiger partial charge in [-0.3, -0.25) is 14.4 Å². The second-order valence-electron chi connectivity index (χ2n) is 10.8. The molecule has 0 bridgehead atoms. The molecule has 43 heavy (non-hydrogen) atoms. The number of rotatable bonds is 5. The van der Waals surface area contributed by atoms with Gasteiger partial charge in [0.25, 0.3) is 5.97 Å². The third-order valence-electron chi connectivity index (χ3n) is 7.86. The first-order chi connectivity index (χ1) is 21.3. The summed E-state index contributed by atoms with van der Waals surface area (Å²) in [5.41, 5.74) is 1.56. The minimum atomic E-state index is -2.97. The number of ketones is 2. The first-order valence-corrected chi connectivity index (χ1v) is 13.3. The average Bonchev–Trinajstić information content (AvgIpc) is 2.94. The summed E-state index contributed by atoms with van der Waals surface area (Å²) in [5.74, 6) is -4.74. The fourth-order valence-electron chi connectivity index (χ4n) is 5.76. The van der Waals surface area contributed by atoms with E-state index >= 15 is 0 Å². The summed E-state index contributed by atoms with van der Waals surface area (Å²) >= 11 is 0. The van der Waals surface area contributed by atoms with Crippen LogP contribution in [0.25, 0.3) is 0 Å². The molecule has 1 saturated heterocycles. The number of carboxylic acids is 1. The Bertz CT molecular complexity index is 1530. The molecule has 14 heteroatoms. The molecule has 0 spiro atoms. The van der Waals surface area contributed by atoms with E-state index in [4.69, 9.17) is 34.0 Å². The molecule has 2 aromatic rings. The third kappa shape index (κ3) is 5.70. The average molecular weight is 610 g/mol. The van der Waals surface area contributed by atoms with Crippen molar-refractivity contribution in [1.29, 1.82) is 0 Å². The fourth-order valence-corrected chi connectivity index (χ4v) is 5.76. The first-order valence-electron chi connectivity index (χ1n) is 14.8. The van der Waals surface area contributed by atoms with Crippen LogP contribution in [0.15, 0.2) is 18.2 Å². The van der Waals surface area contributed by atoms with Crippen LogP contribution < -0.4 is 10.5 Å². The normalized spacial score (nSPS) is 29.8. The van der Waals surface area contributed by atoms with Gasteiger partial charge in [0.1, 0.15) is 23.4 Å². The first kappa shape index (κ1) is 28.2. The Balaban J connectivity index is 0.00000113. The Kier molecular flexibility index (Phi) is 7.97. The summed E-state index contributed by atoms with van der Waals surface area (Å²) in [6.07, 6.45) is -7.00. The van der Waals surface area contributed by atoms with E-state index in [1.165, 1.54) is 18.2 Å². The zero-order chi connectivity index (χ0) is 34.5. The Morgan fingerprint density at radius 3 is 2.47 bits per heavy atom. The smallest absolute Gasteiger partial charge is 0.300 e. The highest BCUT2D eigenvalue weighted by Crippen LogP contribution is 2.52. The molecule has 14 nitrogen and oxygen atoms in total. The molecule has 1 aliphatic heterocycles. The summed E-state index contributed by atoms with van der Waals surface area (Å²) in [6.45, 7) is 1.77. The fraction of sp³-hybridized carbons (Fsp3) is 0.483. The number of hydrogen-bond acceptors (Lipinski definition) is 13. The number of carbonyl (C=O) groups is 3. The molecule has 0 radical (unpaired) electrons. The summed E-state index contributed by atoms with van der Waals surface area (Å²) in [5, 5.41) is 72.0. The van der Waals surface area contributed by atoms with Crippen LogP contribution in [0.3, 0.4) is 0 Å². The largest absolute Gasteiger partial charge is 0.507 e. The van der Waals surface area contributed by atoms with Crippen molar-refractivity contribution in [2.45, 2.75) is 75.5 Å². The number of aliphatic hydroxyl groups excluding tert-OH is 3. The number of aliphatic hydroxyl groups is 4. The number of hydrogen-bond donors (Lipinski definition) is 8. The van der Waals surface area contributed by atoms with Crippen molar-refractivity contribution in [3.63, 3.8) is 0 Å². The maximum absolute atomic E-state index is 13.8. The number of carboxylic acid groups (broad SMARTS) is 1. The second kappa shape index (κ2) is 12.2. The lowest BCUT2D eigenvalue weighted by Crippen LogP contribution is -2.53. The van der Waals surface area contributed by atoms with Crippen LogP contribution in [0.2, 0.25) is 0 Å². The number of carbonyl (C=O) groups excluding carboxylic acids is 2. The Labute approximate surface area is 250 Å². The van der Waals surface area contributed by atoms with E-state index in [1.54, 1.807) is 6.92 Å². The van der Waals surface area contributed by atoms with Crippen LogP contribution in [0.5, 0.6) is 17.2 Å². The van der Waals surface area contributed by atoms with Gasteiger partial charge in [0.15, 0.2) is 12.1 Å². The van der Waals surface area contributed by atoms with E-state index in [2.05, 4.69) is 0 Å². The lowest BCUT2D eigenvalue weighted by Gasteiger charge is -2.44. The van der Waals surface area contributed by atoms with Crippen LogP contribution in [0.4, 0.5) is 0 Å². The molecule has 2 aliphatic carbocycles. The van der Waals surface area contributed by atoms with E-state index in [9.17, 15) is 40.2 Å². The second-order valence-corrected chi connectivity index (χ2v) is 10.8. The van der Waals surface area contributed by atoms with E-state index in [0.717, 1.165) is 6.92 Å². The van der Waals surface area contributed by atoms with Gasteiger partial charge >= 0.3 is 0 Å². The highest BCUT2D eigenvalue weighted by atomic mass is 16.7. The Hall–Kier alpha value is -3.63. The SMILES string of the molecule is CC(=O)O.[2H][13C]([2H])([2H])Oc1cccc2c1C(=O)c1c(O)c3c(c(O)c1C2=O)C[C@@](O)([C@H](O)CO)C[C@@H]3O[C@H]1C[C@H](N)[C@H](O)[C@H](C)O1. The molecule has 0 unspecified atom stereocenters. The van der Waals surface area contributed by atoms with Crippen molar-refractivity contribution in [1.82, 2.24) is 0 Å². The maximum Gasteiger partial charge on any atom is 0.300 e. The minimum Gasteiger partial charge on any atom is -0.507 e. The van der Waals surface area contributed by atoms with Gasteiger partial charge in [-0.15, -0.1) is 0 Å². The maximum atomic E-state index is 13.8. The number of nitrogens with two attached hydrogens (primary N) is 1. The monoisotopic (exact) mass is 609 g/mol. The molecular formula is C29H35NO13. The predicted octanol–water partition coefficient (Wildman–Crippen LogP) is -0.116. The zero-order valence-corrected chi connectivity index (χ0v) is 23.2. The lowest BCUT2D eigenvalue weighted by molar-refractivity contribution is -0.251. The molecule has 234 valence electrons. The lowest BCUT2D eigenvalue weighted by atomic mass is 9.71. The van der Waals surface area contributed by atoms with E-state index < -0.39 is 120 Å². The van der Waals surface area contributed by atoms with E-state index in [-0.39, 0.29) is 23.1 Å².